The van der Waals surface area contributed by atoms with Gasteiger partial charge in [0.1, 0.15) is 12.1 Å². The molecule has 4 amide bonds. The van der Waals surface area contributed by atoms with E-state index in [4.69, 9.17) is 4.74 Å². The van der Waals surface area contributed by atoms with Gasteiger partial charge in [-0.15, -0.1) is 0 Å². The number of carbonyl (C=O) groups is 3. The largest absolute Gasteiger partial charge is 0.389 e. The van der Waals surface area contributed by atoms with Gasteiger partial charge in [0.25, 0.3) is 5.91 Å². The summed E-state index contributed by atoms with van der Waals surface area (Å²) in [6.07, 6.45) is -0.825. The van der Waals surface area contributed by atoms with Crippen LogP contribution in [0.3, 0.4) is 0 Å². The summed E-state index contributed by atoms with van der Waals surface area (Å²) in [4.78, 5) is 35.7. The second-order valence-electron chi connectivity index (χ2n) is 4.86. The summed E-state index contributed by atoms with van der Waals surface area (Å²) in [6, 6.07) is -0.595. The third-order valence-electron chi connectivity index (χ3n) is 2.64. The van der Waals surface area contributed by atoms with Crippen LogP contribution in [-0.2, 0) is 14.3 Å². The first kappa shape index (κ1) is 15.4. The Bertz CT molecular complexity index is 383. The second kappa shape index (κ2) is 5.98. The summed E-state index contributed by atoms with van der Waals surface area (Å²) in [5.41, 5.74) is -0.993. The molecule has 0 aliphatic carbocycles. The lowest BCUT2D eigenvalue weighted by Crippen LogP contribution is -2.44. The Kier molecular flexibility index (Phi) is 4.84. The van der Waals surface area contributed by atoms with Gasteiger partial charge >= 0.3 is 6.03 Å². The highest BCUT2D eigenvalue weighted by molar-refractivity contribution is 6.08. The van der Waals surface area contributed by atoms with Crippen LogP contribution >= 0.6 is 0 Å². The summed E-state index contributed by atoms with van der Waals surface area (Å²) in [6.45, 7) is 2.85. The van der Waals surface area contributed by atoms with Crippen LogP contribution in [0.2, 0.25) is 0 Å². The molecule has 0 bridgehead atoms. The Morgan fingerprint density at radius 2 is 2.16 bits per heavy atom. The molecule has 8 heteroatoms. The molecule has 0 radical (unpaired) electrons. The highest BCUT2D eigenvalue weighted by Gasteiger charge is 2.44. The minimum absolute atomic E-state index is 0.000282. The zero-order chi connectivity index (χ0) is 14.6. The maximum absolute atomic E-state index is 11.8. The van der Waals surface area contributed by atoms with Gasteiger partial charge in [-0.05, 0) is 13.8 Å². The summed E-state index contributed by atoms with van der Waals surface area (Å²) >= 11 is 0. The van der Waals surface area contributed by atoms with Crippen molar-refractivity contribution in [2.45, 2.75) is 25.5 Å². The molecule has 0 aromatic rings. The Labute approximate surface area is 111 Å². The summed E-state index contributed by atoms with van der Waals surface area (Å²) in [5.74, 6) is -0.971. The van der Waals surface area contributed by atoms with Gasteiger partial charge in [0, 0.05) is 13.7 Å². The molecular formula is C11H19N3O5. The zero-order valence-corrected chi connectivity index (χ0v) is 11.2. The lowest BCUT2D eigenvalue weighted by atomic mass is 10.1. The van der Waals surface area contributed by atoms with Crippen LogP contribution in [0, 0.1) is 0 Å². The van der Waals surface area contributed by atoms with Crippen LogP contribution in [-0.4, -0.2) is 66.3 Å². The molecule has 108 valence electrons. The highest BCUT2D eigenvalue weighted by Crippen LogP contribution is 2.15. The molecule has 0 spiro atoms. The van der Waals surface area contributed by atoms with Crippen molar-refractivity contribution in [2.24, 2.45) is 0 Å². The summed E-state index contributed by atoms with van der Waals surface area (Å²) in [5, 5.41) is 14.2. The number of carbonyl (C=O) groups excluding carboxylic acids is 3. The fourth-order valence-corrected chi connectivity index (χ4v) is 1.64. The molecule has 19 heavy (non-hydrogen) atoms. The average molecular weight is 273 g/mol. The lowest BCUT2D eigenvalue weighted by molar-refractivity contribution is -0.134. The van der Waals surface area contributed by atoms with Crippen molar-refractivity contribution in [1.82, 2.24) is 15.5 Å². The molecular weight excluding hydrogens is 254 g/mol. The van der Waals surface area contributed by atoms with Gasteiger partial charge < -0.3 is 20.5 Å². The molecule has 1 fully saturated rings. The van der Waals surface area contributed by atoms with Crippen molar-refractivity contribution in [2.75, 3.05) is 26.8 Å². The maximum atomic E-state index is 11.8. The van der Waals surface area contributed by atoms with Crippen molar-refractivity contribution in [3.05, 3.63) is 0 Å². The van der Waals surface area contributed by atoms with Gasteiger partial charge in [-0.25, -0.2) is 4.79 Å². The van der Waals surface area contributed by atoms with Crippen molar-refractivity contribution >= 4 is 17.8 Å². The fourth-order valence-electron chi connectivity index (χ4n) is 1.64. The van der Waals surface area contributed by atoms with E-state index in [0.717, 1.165) is 4.90 Å². The average Bonchev–Trinajstić information content (AvgIpc) is 2.49. The molecule has 0 aromatic heterocycles. The van der Waals surface area contributed by atoms with E-state index in [1.807, 2.05) is 0 Å². The van der Waals surface area contributed by atoms with E-state index in [9.17, 15) is 19.5 Å². The van der Waals surface area contributed by atoms with Crippen molar-refractivity contribution in [3.8, 4) is 0 Å². The number of nitrogens with one attached hydrogen (secondary N) is 2. The minimum atomic E-state index is -0.993. The lowest BCUT2D eigenvalue weighted by Gasteiger charge is -2.16. The Balaban J connectivity index is 2.45. The molecule has 1 rings (SSSR count). The molecule has 1 heterocycles. The third-order valence-corrected chi connectivity index (χ3v) is 2.64. The van der Waals surface area contributed by atoms with Gasteiger partial charge in [-0.1, -0.05) is 0 Å². The fraction of sp³-hybridized carbons (Fsp3) is 0.727. The molecule has 8 nitrogen and oxygen atoms in total. The number of aliphatic hydroxyl groups excluding tert-OH is 1. The number of hydrogen-bond donors (Lipinski definition) is 3. The van der Waals surface area contributed by atoms with Crippen LogP contribution in [0.15, 0.2) is 0 Å². The number of nitrogens with zero attached hydrogens (tertiary/aromatic N) is 1. The van der Waals surface area contributed by atoms with Gasteiger partial charge in [-0.2, -0.15) is 0 Å². The number of ether oxygens (including phenoxy) is 1. The standard InChI is InChI=1S/C11H19N3O5/c1-11(2)9(17)14(10(18)13-11)5-8(16)12-4-7(15)6-19-3/h7,15H,4-6H2,1-3H3,(H,12,16)(H,13,18). The molecule has 0 saturated carbocycles. The highest BCUT2D eigenvalue weighted by atomic mass is 16.5. The van der Waals surface area contributed by atoms with Crippen LogP contribution in [0.25, 0.3) is 0 Å². The van der Waals surface area contributed by atoms with Crippen LogP contribution in [0.1, 0.15) is 13.8 Å². The maximum Gasteiger partial charge on any atom is 0.325 e. The quantitative estimate of drug-likeness (QED) is 0.507. The number of imide groups is 1. The number of amides is 4. The predicted molar refractivity (Wildman–Crippen MR) is 65.2 cm³/mol. The van der Waals surface area contributed by atoms with E-state index in [2.05, 4.69) is 10.6 Å². The van der Waals surface area contributed by atoms with Gasteiger partial charge in [0.05, 0.1) is 12.7 Å². The first-order valence-electron chi connectivity index (χ1n) is 5.85. The topological polar surface area (TPSA) is 108 Å². The smallest absolute Gasteiger partial charge is 0.325 e. The number of hydrogen-bond acceptors (Lipinski definition) is 5. The van der Waals surface area contributed by atoms with Gasteiger partial charge in [-0.3, -0.25) is 14.5 Å². The van der Waals surface area contributed by atoms with Crippen LogP contribution < -0.4 is 10.6 Å². The molecule has 1 unspecified atom stereocenters. The first-order chi connectivity index (χ1) is 8.77. The summed E-state index contributed by atoms with van der Waals surface area (Å²) in [7, 11) is 1.43. The SMILES string of the molecule is COCC(O)CNC(=O)CN1C(=O)NC(C)(C)C1=O. The zero-order valence-electron chi connectivity index (χ0n) is 11.2. The number of methoxy groups -OCH3 is 1. The van der Waals surface area contributed by atoms with Gasteiger partial charge in [0.15, 0.2) is 0 Å². The van der Waals surface area contributed by atoms with Crippen LogP contribution in [0.5, 0.6) is 0 Å². The normalized spacial score (nSPS) is 19.3. The molecule has 1 saturated heterocycles. The Hall–Kier alpha value is -1.67. The Morgan fingerprint density at radius 3 is 2.63 bits per heavy atom. The number of urea groups is 1. The monoisotopic (exact) mass is 273 g/mol. The molecule has 1 aliphatic rings. The second-order valence-corrected chi connectivity index (χ2v) is 4.86. The van der Waals surface area contributed by atoms with Crippen molar-refractivity contribution in [1.29, 1.82) is 0 Å². The third kappa shape index (κ3) is 3.90. The van der Waals surface area contributed by atoms with Gasteiger partial charge in [0.2, 0.25) is 5.91 Å². The van der Waals surface area contributed by atoms with E-state index < -0.39 is 29.5 Å². The van der Waals surface area contributed by atoms with E-state index in [0.29, 0.717) is 0 Å². The van der Waals surface area contributed by atoms with E-state index in [-0.39, 0.29) is 19.7 Å². The van der Waals surface area contributed by atoms with Crippen LogP contribution in [0.4, 0.5) is 4.79 Å². The van der Waals surface area contributed by atoms with Crippen molar-refractivity contribution < 1.29 is 24.2 Å². The number of aliphatic hydroxyl groups is 1. The van der Waals surface area contributed by atoms with E-state index >= 15 is 0 Å². The number of rotatable bonds is 6. The molecule has 1 atom stereocenters. The molecule has 1 aliphatic heterocycles. The Morgan fingerprint density at radius 1 is 1.53 bits per heavy atom. The van der Waals surface area contributed by atoms with E-state index in [1.165, 1.54) is 7.11 Å². The minimum Gasteiger partial charge on any atom is -0.389 e. The summed E-state index contributed by atoms with van der Waals surface area (Å²) < 4.78 is 4.70. The van der Waals surface area contributed by atoms with Crippen molar-refractivity contribution in [3.63, 3.8) is 0 Å². The predicted octanol–water partition coefficient (Wildman–Crippen LogP) is -1.56. The first-order valence-corrected chi connectivity index (χ1v) is 5.85. The van der Waals surface area contributed by atoms with E-state index in [1.54, 1.807) is 13.8 Å². The molecule has 0 aromatic carbocycles. The molecule has 3 N–H and O–H groups in total.